The van der Waals surface area contributed by atoms with Crippen LogP contribution in [0.2, 0.25) is 5.02 Å². The van der Waals surface area contributed by atoms with E-state index in [0.29, 0.717) is 23.7 Å². The van der Waals surface area contributed by atoms with Gasteiger partial charge >= 0.3 is 5.97 Å². The van der Waals surface area contributed by atoms with Crippen molar-refractivity contribution < 1.29 is 19.1 Å². The van der Waals surface area contributed by atoms with Crippen LogP contribution in [-0.4, -0.2) is 32.1 Å². The van der Waals surface area contributed by atoms with E-state index in [2.05, 4.69) is 10.1 Å². The molecule has 0 heterocycles. The fourth-order valence-electron chi connectivity index (χ4n) is 1.48. The number of nitrogens with one attached hydrogen (secondary N) is 1. The normalized spacial score (nSPS) is 9.95. The fourth-order valence-corrected chi connectivity index (χ4v) is 1.65. The number of hydrogen-bond acceptors (Lipinski definition) is 4. The van der Waals surface area contributed by atoms with E-state index in [4.69, 9.17) is 16.3 Å². The molecule has 1 amide bonds. The summed E-state index contributed by atoms with van der Waals surface area (Å²) in [5.41, 5.74) is 1.00. The third-order valence-electron chi connectivity index (χ3n) is 2.55. The molecule has 0 unspecified atom stereocenters. The van der Waals surface area contributed by atoms with E-state index in [9.17, 15) is 9.59 Å². The molecule has 110 valence electrons. The number of halogens is 1. The summed E-state index contributed by atoms with van der Waals surface area (Å²) in [4.78, 5) is 22.4. The number of methoxy groups -OCH3 is 1. The number of carbonyl (C=O) groups excluding carboxylic acids is 2. The first-order valence-corrected chi connectivity index (χ1v) is 6.63. The van der Waals surface area contributed by atoms with Gasteiger partial charge in [-0.3, -0.25) is 9.59 Å². The molecule has 0 radical (unpaired) electrons. The van der Waals surface area contributed by atoms with E-state index >= 15 is 0 Å². The summed E-state index contributed by atoms with van der Waals surface area (Å²) in [6, 6.07) is 5.36. The summed E-state index contributed by atoms with van der Waals surface area (Å²) < 4.78 is 9.84. The SMILES string of the molecule is COC(=O)CCCNC(=O)COc1cc(C)ccc1Cl. The first-order valence-electron chi connectivity index (χ1n) is 6.25. The van der Waals surface area contributed by atoms with Crippen LogP contribution in [0.3, 0.4) is 0 Å². The maximum absolute atomic E-state index is 11.5. The van der Waals surface area contributed by atoms with Crippen molar-refractivity contribution in [2.24, 2.45) is 0 Å². The summed E-state index contributed by atoms with van der Waals surface area (Å²) in [6.07, 6.45) is 0.810. The molecule has 0 aliphatic carbocycles. The van der Waals surface area contributed by atoms with E-state index in [1.807, 2.05) is 13.0 Å². The highest BCUT2D eigenvalue weighted by atomic mass is 35.5. The Bertz CT molecular complexity index is 476. The van der Waals surface area contributed by atoms with Gasteiger partial charge in [-0.25, -0.2) is 0 Å². The van der Waals surface area contributed by atoms with Gasteiger partial charge in [-0.15, -0.1) is 0 Å². The number of rotatable bonds is 7. The van der Waals surface area contributed by atoms with Gasteiger partial charge in [-0.05, 0) is 31.0 Å². The molecule has 5 nitrogen and oxygen atoms in total. The average molecular weight is 300 g/mol. The van der Waals surface area contributed by atoms with Crippen LogP contribution in [0.5, 0.6) is 5.75 Å². The van der Waals surface area contributed by atoms with Gasteiger partial charge in [0, 0.05) is 13.0 Å². The first-order chi connectivity index (χ1) is 9.52. The van der Waals surface area contributed by atoms with Crippen LogP contribution in [0.1, 0.15) is 18.4 Å². The summed E-state index contributed by atoms with van der Waals surface area (Å²) in [6.45, 7) is 2.20. The Hall–Kier alpha value is -1.75. The van der Waals surface area contributed by atoms with Crippen molar-refractivity contribution >= 4 is 23.5 Å². The maximum atomic E-state index is 11.5. The molecule has 0 bridgehead atoms. The molecule has 0 aliphatic heterocycles. The molecule has 1 aromatic rings. The Kier molecular flexibility index (Phi) is 6.87. The fraction of sp³-hybridized carbons (Fsp3) is 0.429. The molecule has 20 heavy (non-hydrogen) atoms. The predicted molar refractivity (Wildman–Crippen MR) is 75.9 cm³/mol. The zero-order valence-electron chi connectivity index (χ0n) is 11.6. The molecular weight excluding hydrogens is 282 g/mol. The highest BCUT2D eigenvalue weighted by Crippen LogP contribution is 2.24. The van der Waals surface area contributed by atoms with Crippen LogP contribution in [-0.2, 0) is 14.3 Å². The van der Waals surface area contributed by atoms with Crippen LogP contribution in [0.4, 0.5) is 0 Å². The molecule has 0 fully saturated rings. The van der Waals surface area contributed by atoms with Crippen molar-refractivity contribution in [1.29, 1.82) is 0 Å². The van der Waals surface area contributed by atoms with Crippen LogP contribution < -0.4 is 10.1 Å². The second kappa shape index (κ2) is 8.43. The zero-order chi connectivity index (χ0) is 15.0. The van der Waals surface area contributed by atoms with E-state index in [-0.39, 0.29) is 24.9 Å². The third kappa shape index (κ3) is 5.93. The van der Waals surface area contributed by atoms with Crippen molar-refractivity contribution in [2.75, 3.05) is 20.3 Å². The van der Waals surface area contributed by atoms with Crippen LogP contribution >= 0.6 is 11.6 Å². The second-order valence-electron chi connectivity index (χ2n) is 4.25. The molecule has 1 rings (SSSR count). The van der Waals surface area contributed by atoms with E-state index in [0.717, 1.165) is 5.56 Å². The molecule has 1 aromatic carbocycles. The quantitative estimate of drug-likeness (QED) is 0.618. The van der Waals surface area contributed by atoms with Gasteiger partial charge in [0.25, 0.3) is 5.91 Å². The highest BCUT2D eigenvalue weighted by Gasteiger charge is 2.06. The zero-order valence-corrected chi connectivity index (χ0v) is 12.3. The number of aryl methyl sites for hydroxylation is 1. The number of benzene rings is 1. The van der Waals surface area contributed by atoms with Gasteiger partial charge in [0.05, 0.1) is 12.1 Å². The molecule has 0 saturated carbocycles. The maximum Gasteiger partial charge on any atom is 0.305 e. The largest absolute Gasteiger partial charge is 0.482 e. The van der Waals surface area contributed by atoms with Gasteiger partial charge in [-0.1, -0.05) is 17.7 Å². The van der Waals surface area contributed by atoms with Gasteiger partial charge in [0.2, 0.25) is 0 Å². The second-order valence-corrected chi connectivity index (χ2v) is 4.66. The Labute approximate surface area is 123 Å². The lowest BCUT2D eigenvalue weighted by molar-refractivity contribution is -0.140. The highest BCUT2D eigenvalue weighted by molar-refractivity contribution is 6.32. The third-order valence-corrected chi connectivity index (χ3v) is 2.87. The lowest BCUT2D eigenvalue weighted by Crippen LogP contribution is -2.30. The van der Waals surface area contributed by atoms with Crippen molar-refractivity contribution in [3.8, 4) is 5.75 Å². The van der Waals surface area contributed by atoms with E-state index in [1.165, 1.54) is 7.11 Å². The molecule has 1 N–H and O–H groups in total. The minimum Gasteiger partial charge on any atom is -0.482 e. The number of esters is 1. The van der Waals surface area contributed by atoms with Crippen molar-refractivity contribution in [2.45, 2.75) is 19.8 Å². The minimum atomic E-state index is -0.290. The van der Waals surface area contributed by atoms with Gasteiger partial charge in [-0.2, -0.15) is 0 Å². The monoisotopic (exact) mass is 299 g/mol. The molecule has 0 atom stereocenters. The van der Waals surface area contributed by atoms with Crippen LogP contribution in [0, 0.1) is 6.92 Å². The van der Waals surface area contributed by atoms with Crippen molar-refractivity contribution in [1.82, 2.24) is 5.32 Å². The Morgan fingerprint density at radius 2 is 2.10 bits per heavy atom. The van der Waals surface area contributed by atoms with Gasteiger partial charge in [0.1, 0.15) is 5.75 Å². The average Bonchev–Trinajstić information content (AvgIpc) is 2.44. The summed E-state index contributed by atoms with van der Waals surface area (Å²) in [5.74, 6) is -0.0640. The standard InChI is InChI=1S/C14H18ClNO4/c1-10-5-6-11(15)12(8-10)20-9-13(17)16-7-3-4-14(18)19-2/h5-6,8H,3-4,7,9H2,1-2H3,(H,16,17). The minimum absolute atomic E-state index is 0.110. The molecule has 0 saturated heterocycles. The van der Waals surface area contributed by atoms with Gasteiger partial charge in [0.15, 0.2) is 6.61 Å². The van der Waals surface area contributed by atoms with E-state index < -0.39 is 0 Å². The number of ether oxygens (including phenoxy) is 2. The lowest BCUT2D eigenvalue weighted by atomic mass is 10.2. The van der Waals surface area contributed by atoms with Crippen molar-refractivity contribution in [3.05, 3.63) is 28.8 Å². The lowest BCUT2D eigenvalue weighted by Gasteiger charge is -2.09. The molecule has 0 aliphatic rings. The summed E-state index contributed by atoms with van der Waals surface area (Å²) in [5, 5.41) is 3.12. The number of hydrogen-bond donors (Lipinski definition) is 1. The van der Waals surface area contributed by atoms with Gasteiger partial charge < -0.3 is 14.8 Å². The molecule has 0 spiro atoms. The smallest absolute Gasteiger partial charge is 0.305 e. The summed E-state index contributed by atoms with van der Waals surface area (Å²) >= 11 is 5.95. The molecule has 0 aromatic heterocycles. The number of carbonyl (C=O) groups is 2. The van der Waals surface area contributed by atoms with Crippen molar-refractivity contribution in [3.63, 3.8) is 0 Å². The summed E-state index contributed by atoms with van der Waals surface area (Å²) in [7, 11) is 1.33. The topological polar surface area (TPSA) is 64.6 Å². The number of amides is 1. The first kappa shape index (κ1) is 16.3. The molecular formula is C14H18ClNO4. The van der Waals surface area contributed by atoms with E-state index in [1.54, 1.807) is 12.1 Å². The predicted octanol–water partition coefficient (Wildman–Crippen LogP) is 2.10. The Balaban J connectivity index is 2.26. The molecule has 6 heteroatoms. The van der Waals surface area contributed by atoms with Crippen LogP contribution in [0.15, 0.2) is 18.2 Å². The Morgan fingerprint density at radius 1 is 1.35 bits per heavy atom. The Morgan fingerprint density at radius 3 is 2.80 bits per heavy atom. The van der Waals surface area contributed by atoms with Crippen LogP contribution in [0.25, 0.3) is 0 Å².